The number of hydrogen-bond donors (Lipinski definition) is 1. The summed E-state index contributed by atoms with van der Waals surface area (Å²) >= 11 is 11.0. The molecule has 2 unspecified atom stereocenters. The Morgan fingerprint density at radius 2 is 2.25 bits per heavy atom. The molecule has 1 aliphatic heterocycles. The highest BCUT2D eigenvalue weighted by molar-refractivity contribution is 7.71. The smallest absolute Gasteiger partial charge is 0.404 e. The second-order valence-corrected chi connectivity index (χ2v) is 8.71. The van der Waals surface area contributed by atoms with Crippen LogP contribution in [0.4, 0.5) is 0 Å². The van der Waals surface area contributed by atoms with E-state index in [1.807, 2.05) is 6.92 Å². The number of methoxy groups -OCH3 is 1. The highest BCUT2D eigenvalue weighted by Gasteiger charge is 2.35. The van der Waals surface area contributed by atoms with Crippen molar-refractivity contribution in [2.24, 2.45) is 0 Å². The van der Waals surface area contributed by atoms with Gasteiger partial charge in [0, 0.05) is 36.0 Å². The SMILES string of the molecule is COC(CCn1cc(C)c(=S)[nH]c1=O)COP1(=O)OCc2cc(Cl)ccc2O1. The number of benzene rings is 1. The Hall–Kier alpha value is -1.48. The Morgan fingerprint density at radius 1 is 1.46 bits per heavy atom. The molecule has 0 bridgehead atoms. The Kier molecular flexibility index (Phi) is 6.75. The number of aromatic amines is 1. The lowest BCUT2D eigenvalue weighted by Gasteiger charge is -2.26. The van der Waals surface area contributed by atoms with Gasteiger partial charge in [0.25, 0.3) is 0 Å². The molecule has 1 N–H and O–H groups in total. The number of phosphoric ester groups is 1. The van der Waals surface area contributed by atoms with Crippen LogP contribution >= 0.6 is 31.6 Å². The molecule has 3 rings (SSSR count). The average molecular weight is 447 g/mol. The van der Waals surface area contributed by atoms with Crippen molar-refractivity contribution in [3.8, 4) is 5.75 Å². The quantitative estimate of drug-likeness (QED) is 0.507. The van der Waals surface area contributed by atoms with Crippen LogP contribution in [-0.4, -0.2) is 29.4 Å². The van der Waals surface area contributed by atoms with Crippen LogP contribution in [0.2, 0.25) is 5.02 Å². The first-order valence-corrected chi connectivity index (χ1v) is 10.7. The second kappa shape index (κ2) is 8.90. The number of rotatable bonds is 7. The van der Waals surface area contributed by atoms with E-state index in [9.17, 15) is 9.36 Å². The fourth-order valence-corrected chi connectivity index (χ4v) is 4.20. The molecule has 8 nitrogen and oxygen atoms in total. The van der Waals surface area contributed by atoms with Crippen molar-refractivity contribution in [1.29, 1.82) is 0 Å². The van der Waals surface area contributed by atoms with E-state index >= 15 is 0 Å². The van der Waals surface area contributed by atoms with Gasteiger partial charge < -0.3 is 13.8 Å². The van der Waals surface area contributed by atoms with Gasteiger partial charge in [0.2, 0.25) is 0 Å². The molecule has 1 aromatic carbocycles. The van der Waals surface area contributed by atoms with Crippen molar-refractivity contribution >= 4 is 31.6 Å². The normalized spacial score (nSPS) is 19.7. The zero-order valence-electron chi connectivity index (χ0n) is 15.3. The van der Waals surface area contributed by atoms with Crippen LogP contribution in [0.1, 0.15) is 17.5 Å². The summed E-state index contributed by atoms with van der Waals surface area (Å²) in [5.41, 5.74) is 1.20. The highest BCUT2D eigenvalue weighted by atomic mass is 35.5. The number of fused-ring (bicyclic) bond motifs is 1. The van der Waals surface area contributed by atoms with Crippen molar-refractivity contribution in [2.75, 3.05) is 13.7 Å². The van der Waals surface area contributed by atoms with Crippen molar-refractivity contribution in [2.45, 2.75) is 32.6 Å². The molecule has 0 aliphatic carbocycles. The number of phosphoric acid groups is 1. The molecule has 11 heteroatoms. The van der Waals surface area contributed by atoms with Gasteiger partial charge in [0.15, 0.2) is 0 Å². The molecule has 0 fully saturated rings. The maximum atomic E-state index is 12.7. The molecule has 0 amide bonds. The third kappa shape index (κ3) is 5.11. The first-order chi connectivity index (χ1) is 13.3. The van der Waals surface area contributed by atoms with Crippen LogP contribution in [0.3, 0.4) is 0 Å². The maximum Gasteiger partial charge on any atom is 0.530 e. The predicted octanol–water partition coefficient (Wildman–Crippen LogP) is 4.01. The minimum Gasteiger partial charge on any atom is -0.404 e. The Morgan fingerprint density at radius 3 is 3.00 bits per heavy atom. The van der Waals surface area contributed by atoms with Gasteiger partial charge in [-0.3, -0.25) is 14.0 Å². The lowest BCUT2D eigenvalue weighted by Crippen LogP contribution is -2.27. The summed E-state index contributed by atoms with van der Waals surface area (Å²) in [4.78, 5) is 14.6. The van der Waals surface area contributed by atoms with E-state index in [-0.39, 0.29) is 18.9 Å². The van der Waals surface area contributed by atoms with E-state index in [0.29, 0.717) is 33.9 Å². The summed E-state index contributed by atoms with van der Waals surface area (Å²) in [7, 11) is -2.25. The molecule has 152 valence electrons. The number of ether oxygens (including phenoxy) is 1. The summed E-state index contributed by atoms with van der Waals surface area (Å²) in [6.45, 7) is 2.25. The zero-order valence-corrected chi connectivity index (χ0v) is 17.8. The van der Waals surface area contributed by atoms with Crippen LogP contribution in [0.15, 0.2) is 29.2 Å². The molecule has 0 radical (unpaired) electrons. The molecular formula is C17H20ClN2O6PS. The largest absolute Gasteiger partial charge is 0.530 e. The number of hydrogen-bond acceptors (Lipinski definition) is 7. The van der Waals surface area contributed by atoms with E-state index in [1.54, 1.807) is 24.4 Å². The Labute approximate surface area is 172 Å². The fourth-order valence-electron chi connectivity index (χ4n) is 2.62. The summed E-state index contributed by atoms with van der Waals surface area (Å²) in [6.07, 6.45) is 1.72. The predicted molar refractivity (Wildman–Crippen MR) is 106 cm³/mol. The van der Waals surface area contributed by atoms with Gasteiger partial charge in [-0.15, -0.1) is 0 Å². The van der Waals surface area contributed by atoms with Crippen LogP contribution < -0.4 is 10.2 Å². The van der Waals surface area contributed by atoms with Gasteiger partial charge >= 0.3 is 13.5 Å². The summed E-state index contributed by atoms with van der Waals surface area (Å²) < 4.78 is 36.1. The van der Waals surface area contributed by atoms with Gasteiger partial charge in [-0.05, 0) is 31.5 Å². The molecule has 0 saturated heterocycles. The first kappa shape index (κ1) is 21.2. The molecule has 2 aromatic rings. The topological polar surface area (TPSA) is 91.8 Å². The van der Waals surface area contributed by atoms with Crippen LogP contribution in [0.5, 0.6) is 5.75 Å². The van der Waals surface area contributed by atoms with Gasteiger partial charge in [-0.2, -0.15) is 0 Å². The van der Waals surface area contributed by atoms with Crippen molar-refractivity contribution in [3.05, 3.63) is 55.7 Å². The van der Waals surface area contributed by atoms with Crippen molar-refractivity contribution in [1.82, 2.24) is 9.55 Å². The van der Waals surface area contributed by atoms with E-state index in [0.717, 1.165) is 5.56 Å². The molecular weight excluding hydrogens is 427 g/mol. The molecule has 1 aromatic heterocycles. The van der Waals surface area contributed by atoms with E-state index in [2.05, 4.69) is 4.98 Å². The lowest BCUT2D eigenvalue weighted by molar-refractivity contribution is 0.0301. The molecule has 2 heterocycles. The standard InChI is InChI=1S/C17H20ClN2O6PS/c1-11-8-20(17(21)19-16(11)28)6-5-14(23-2)10-25-27(22)24-9-12-7-13(18)3-4-15(12)26-27/h3-4,7-8,14H,5-6,9-10H2,1-2H3,(H,19,21,28). The average Bonchev–Trinajstić information content (AvgIpc) is 2.66. The number of nitrogens with zero attached hydrogens (tertiary/aromatic N) is 1. The summed E-state index contributed by atoms with van der Waals surface area (Å²) in [5, 5.41) is 0.537. The van der Waals surface area contributed by atoms with E-state index < -0.39 is 13.9 Å². The number of H-pyrrole nitrogens is 1. The third-order valence-corrected chi connectivity index (χ3v) is 6.23. The third-order valence-electron chi connectivity index (χ3n) is 4.24. The number of halogens is 1. The van der Waals surface area contributed by atoms with Gasteiger partial charge in [-0.1, -0.05) is 23.8 Å². The van der Waals surface area contributed by atoms with Crippen molar-refractivity contribution in [3.63, 3.8) is 0 Å². The molecule has 0 spiro atoms. The second-order valence-electron chi connectivity index (χ2n) is 6.27. The molecule has 2 atom stereocenters. The highest BCUT2D eigenvalue weighted by Crippen LogP contribution is 2.54. The Bertz CT molecular complexity index is 1020. The van der Waals surface area contributed by atoms with Crippen molar-refractivity contribution < 1.29 is 22.9 Å². The number of aromatic nitrogens is 2. The van der Waals surface area contributed by atoms with Gasteiger partial charge in [0.1, 0.15) is 10.4 Å². The van der Waals surface area contributed by atoms with Crippen LogP contribution in [0.25, 0.3) is 0 Å². The summed E-state index contributed by atoms with van der Waals surface area (Å²) in [5.74, 6) is 0.412. The van der Waals surface area contributed by atoms with E-state index in [1.165, 1.54) is 11.7 Å². The zero-order chi connectivity index (χ0) is 20.3. The fraction of sp³-hybridized carbons (Fsp3) is 0.412. The van der Waals surface area contributed by atoms with E-state index in [4.69, 9.17) is 42.1 Å². The van der Waals surface area contributed by atoms with Crippen LogP contribution in [0, 0.1) is 11.6 Å². The van der Waals surface area contributed by atoms with Crippen LogP contribution in [-0.2, 0) is 31.5 Å². The number of nitrogens with one attached hydrogen (secondary N) is 1. The summed E-state index contributed by atoms with van der Waals surface area (Å²) in [6, 6.07) is 4.94. The maximum absolute atomic E-state index is 12.7. The van der Waals surface area contributed by atoms with Gasteiger partial charge in [0.05, 0.1) is 19.3 Å². The Balaban J connectivity index is 1.59. The molecule has 0 saturated carbocycles. The number of aryl methyl sites for hydroxylation is 2. The first-order valence-electron chi connectivity index (χ1n) is 8.50. The lowest BCUT2D eigenvalue weighted by atomic mass is 10.2. The minimum atomic E-state index is -3.76. The van der Waals surface area contributed by atoms with Gasteiger partial charge in [-0.25, -0.2) is 9.36 Å². The molecule has 28 heavy (non-hydrogen) atoms. The minimum absolute atomic E-state index is 0.0206. The molecule has 1 aliphatic rings. The monoisotopic (exact) mass is 446 g/mol.